The SMILES string of the molecule is CC(CNc1nccc(-c2[nH]c(C(C)(C)C)nc2-c2cc(Cl)cc(NS(C)(=O)=O)c2F)n1)NC(=O)O. The standard InChI is InChI=1S/C22H27ClFN7O4S/c1-11(27-21(32)33)10-26-20-25-7-6-14(28-20)18-17(29-19(30-18)22(2,3)4)13-8-12(23)9-15(16(13)24)31-36(5,34)35/h6-9,11,27,31H,10H2,1-5H3,(H,29,30)(H,32,33)(H,25,26,28). The molecule has 36 heavy (non-hydrogen) atoms. The summed E-state index contributed by atoms with van der Waals surface area (Å²) in [6.45, 7) is 7.68. The summed E-state index contributed by atoms with van der Waals surface area (Å²) in [4.78, 5) is 27.3. The molecule has 0 aliphatic carbocycles. The lowest BCUT2D eigenvalue weighted by molar-refractivity contribution is 0.191. The molecule has 1 atom stereocenters. The Hall–Kier alpha value is -3.45. The number of aromatic amines is 1. The Balaban J connectivity index is 2.10. The van der Waals surface area contributed by atoms with E-state index in [0.29, 0.717) is 17.2 Å². The van der Waals surface area contributed by atoms with Gasteiger partial charge in [0, 0.05) is 34.8 Å². The van der Waals surface area contributed by atoms with E-state index in [-0.39, 0.29) is 34.5 Å². The number of nitrogens with zero attached hydrogens (tertiary/aromatic N) is 3. The highest BCUT2D eigenvalue weighted by atomic mass is 35.5. The lowest BCUT2D eigenvalue weighted by atomic mass is 9.96. The minimum atomic E-state index is -3.77. The van der Waals surface area contributed by atoms with E-state index < -0.39 is 33.4 Å². The number of rotatable bonds is 8. The molecule has 1 unspecified atom stereocenters. The first kappa shape index (κ1) is 27.1. The number of anilines is 2. The van der Waals surface area contributed by atoms with Crippen LogP contribution in [0, 0.1) is 5.82 Å². The molecule has 1 amide bonds. The fourth-order valence-electron chi connectivity index (χ4n) is 3.23. The number of nitrogens with one attached hydrogen (secondary N) is 4. The van der Waals surface area contributed by atoms with Gasteiger partial charge in [0.1, 0.15) is 11.5 Å². The molecular weight excluding hydrogens is 513 g/mol. The van der Waals surface area contributed by atoms with Gasteiger partial charge in [0.05, 0.1) is 23.3 Å². The third kappa shape index (κ3) is 6.82. The second kappa shape index (κ2) is 10.3. The molecule has 0 bridgehead atoms. The molecule has 14 heteroatoms. The zero-order valence-corrected chi connectivity index (χ0v) is 21.8. The van der Waals surface area contributed by atoms with Crippen LogP contribution < -0.4 is 15.4 Å². The number of benzene rings is 1. The van der Waals surface area contributed by atoms with Crippen molar-refractivity contribution in [1.82, 2.24) is 25.3 Å². The highest BCUT2D eigenvalue weighted by molar-refractivity contribution is 7.92. The van der Waals surface area contributed by atoms with E-state index in [2.05, 4.69) is 35.3 Å². The van der Waals surface area contributed by atoms with Gasteiger partial charge >= 0.3 is 6.09 Å². The van der Waals surface area contributed by atoms with E-state index in [1.165, 1.54) is 18.3 Å². The molecule has 2 aromatic heterocycles. The van der Waals surface area contributed by atoms with Gasteiger partial charge in [-0.3, -0.25) is 4.72 Å². The number of amides is 1. The summed E-state index contributed by atoms with van der Waals surface area (Å²) >= 11 is 6.21. The molecule has 0 saturated heterocycles. The normalized spacial score (nSPS) is 12.8. The van der Waals surface area contributed by atoms with Gasteiger partial charge in [-0.05, 0) is 25.1 Å². The number of hydrogen-bond donors (Lipinski definition) is 5. The zero-order chi connectivity index (χ0) is 26.8. The predicted octanol–water partition coefficient (Wildman–Crippen LogP) is 4.06. The molecule has 194 valence electrons. The van der Waals surface area contributed by atoms with Gasteiger partial charge in [0.25, 0.3) is 0 Å². The quantitative estimate of drug-likeness (QED) is 0.286. The number of carbonyl (C=O) groups is 1. The highest BCUT2D eigenvalue weighted by Crippen LogP contribution is 2.37. The number of hydrogen-bond acceptors (Lipinski definition) is 7. The van der Waals surface area contributed by atoms with Gasteiger partial charge in [-0.15, -0.1) is 0 Å². The monoisotopic (exact) mass is 539 g/mol. The summed E-state index contributed by atoms with van der Waals surface area (Å²) < 4.78 is 41.1. The Morgan fingerprint density at radius 2 is 1.97 bits per heavy atom. The largest absolute Gasteiger partial charge is 0.465 e. The van der Waals surface area contributed by atoms with E-state index in [9.17, 15) is 13.2 Å². The van der Waals surface area contributed by atoms with Crippen LogP contribution in [0.1, 0.15) is 33.5 Å². The first-order valence-electron chi connectivity index (χ1n) is 10.8. The molecule has 0 saturated carbocycles. The summed E-state index contributed by atoms with van der Waals surface area (Å²) in [6, 6.07) is 3.73. The van der Waals surface area contributed by atoms with Crippen LogP contribution in [0.3, 0.4) is 0 Å². The van der Waals surface area contributed by atoms with Crippen molar-refractivity contribution < 1.29 is 22.7 Å². The molecular formula is C22H27ClFN7O4S. The lowest BCUT2D eigenvalue weighted by Crippen LogP contribution is -2.36. The number of halogens is 2. The van der Waals surface area contributed by atoms with Crippen molar-refractivity contribution >= 4 is 39.4 Å². The van der Waals surface area contributed by atoms with Crippen LogP contribution in [0.4, 0.5) is 20.8 Å². The lowest BCUT2D eigenvalue weighted by Gasteiger charge is -2.14. The smallest absolute Gasteiger partial charge is 0.404 e. The molecule has 2 heterocycles. The van der Waals surface area contributed by atoms with Gasteiger partial charge in [-0.25, -0.2) is 32.6 Å². The van der Waals surface area contributed by atoms with Crippen LogP contribution in [0.5, 0.6) is 0 Å². The maximum absolute atomic E-state index is 15.5. The molecule has 1 aromatic carbocycles. The molecule has 11 nitrogen and oxygen atoms in total. The third-order valence-electron chi connectivity index (χ3n) is 4.85. The average molecular weight is 540 g/mol. The first-order valence-corrected chi connectivity index (χ1v) is 13.1. The van der Waals surface area contributed by atoms with E-state index in [1.807, 2.05) is 20.8 Å². The molecule has 0 spiro atoms. The van der Waals surface area contributed by atoms with E-state index >= 15 is 4.39 Å². The first-order chi connectivity index (χ1) is 16.6. The van der Waals surface area contributed by atoms with Gasteiger partial charge < -0.3 is 20.7 Å². The number of aromatic nitrogens is 4. The zero-order valence-electron chi connectivity index (χ0n) is 20.3. The van der Waals surface area contributed by atoms with E-state index in [1.54, 1.807) is 13.0 Å². The highest BCUT2D eigenvalue weighted by Gasteiger charge is 2.26. The number of H-pyrrole nitrogens is 1. The Labute approximate surface area is 213 Å². The van der Waals surface area contributed by atoms with Gasteiger partial charge in [0.2, 0.25) is 16.0 Å². The third-order valence-corrected chi connectivity index (χ3v) is 5.66. The van der Waals surface area contributed by atoms with Crippen molar-refractivity contribution in [1.29, 1.82) is 0 Å². The number of carboxylic acid groups (broad SMARTS) is 1. The minimum Gasteiger partial charge on any atom is -0.465 e. The van der Waals surface area contributed by atoms with Crippen LogP contribution >= 0.6 is 11.6 Å². The molecule has 3 aromatic rings. The van der Waals surface area contributed by atoms with Crippen LogP contribution in [0.15, 0.2) is 24.4 Å². The minimum absolute atomic E-state index is 0.0252. The Morgan fingerprint density at radius 3 is 2.58 bits per heavy atom. The fraction of sp³-hybridized carbons (Fsp3) is 0.364. The topological polar surface area (TPSA) is 162 Å². The molecule has 0 radical (unpaired) electrons. The Morgan fingerprint density at radius 1 is 1.28 bits per heavy atom. The van der Waals surface area contributed by atoms with Crippen molar-refractivity contribution in [2.45, 2.75) is 39.2 Å². The van der Waals surface area contributed by atoms with Crippen LogP contribution in [-0.2, 0) is 15.4 Å². The van der Waals surface area contributed by atoms with E-state index in [0.717, 1.165) is 6.26 Å². The molecule has 0 aliphatic heterocycles. The van der Waals surface area contributed by atoms with Crippen LogP contribution in [0.2, 0.25) is 5.02 Å². The summed E-state index contributed by atoms with van der Waals surface area (Å²) in [5.74, 6) is -0.0914. The van der Waals surface area contributed by atoms with Gasteiger partial charge in [-0.2, -0.15) is 0 Å². The second-order valence-electron chi connectivity index (χ2n) is 9.25. The maximum Gasteiger partial charge on any atom is 0.404 e. The number of imidazole rings is 1. The Bertz CT molecular complexity index is 1390. The van der Waals surface area contributed by atoms with Crippen LogP contribution in [0.25, 0.3) is 22.6 Å². The van der Waals surface area contributed by atoms with Crippen molar-refractivity contribution in [3.8, 4) is 22.6 Å². The summed E-state index contributed by atoms with van der Waals surface area (Å²) in [5, 5.41) is 14.2. The van der Waals surface area contributed by atoms with Crippen molar-refractivity contribution in [3.63, 3.8) is 0 Å². The van der Waals surface area contributed by atoms with Crippen LogP contribution in [-0.4, -0.2) is 58.4 Å². The van der Waals surface area contributed by atoms with Crippen molar-refractivity contribution in [2.75, 3.05) is 22.8 Å². The average Bonchev–Trinajstić information content (AvgIpc) is 3.19. The van der Waals surface area contributed by atoms with Crippen molar-refractivity contribution in [3.05, 3.63) is 41.1 Å². The summed E-state index contributed by atoms with van der Waals surface area (Å²) in [7, 11) is -3.77. The number of sulfonamides is 1. The predicted molar refractivity (Wildman–Crippen MR) is 136 cm³/mol. The second-order valence-corrected chi connectivity index (χ2v) is 11.4. The molecule has 0 fully saturated rings. The van der Waals surface area contributed by atoms with Gasteiger partial charge in [-0.1, -0.05) is 32.4 Å². The van der Waals surface area contributed by atoms with Crippen molar-refractivity contribution in [2.24, 2.45) is 0 Å². The van der Waals surface area contributed by atoms with Gasteiger partial charge in [0.15, 0.2) is 5.82 Å². The summed E-state index contributed by atoms with van der Waals surface area (Å²) in [6.07, 6.45) is 1.25. The fourth-order valence-corrected chi connectivity index (χ4v) is 4.00. The maximum atomic E-state index is 15.5. The Kier molecular flexibility index (Phi) is 7.74. The van der Waals surface area contributed by atoms with E-state index in [4.69, 9.17) is 16.7 Å². The molecule has 0 aliphatic rings. The molecule has 5 N–H and O–H groups in total. The summed E-state index contributed by atoms with van der Waals surface area (Å²) in [5.41, 5.74) is 0.151. The molecule has 3 rings (SSSR count).